The maximum absolute atomic E-state index is 13.8. The van der Waals surface area contributed by atoms with E-state index in [-0.39, 0.29) is 42.6 Å². The first kappa shape index (κ1) is 30.7. The summed E-state index contributed by atoms with van der Waals surface area (Å²) in [7, 11) is -2.45. The lowest BCUT2D eigenvalue weighted by Gasteiger charge is -2.29. The molecular formula is C32H35FN2O7S. The van der Waals surface area contributed by atoms with Gasteiger partial charge >= 0.3 is 6.09 Å². The summed E-state index contributed by atoms with van der Waals surface area (Å²) < 4.78 is 53.0. The van der Waals surface area contributed by atoms with Crippen molar-refractivity contribution < 1.29 is 37.0 Å². The molecule has 0 aromatic heterocycles. The van der Waals surface area contributed by atoms with Crippen molar-refractivity contribution in [2.24, 2.45) is 11.8 Å². The number of benzene rings is 3. The lowest BCUT2D eigenvalue weighted by Crippen LogP contribution is -2.43. The van der Waals surface area contributed by atoms with Gasteiger partial charge in [-0.2, -0.15) is 4.31 Å². The number of aliphatic hydroxyl groups excluding tert-OH is 1. The van der Waals surface area contributed by atoms with Crippen LogP contribution < -0.4 is 9.64 Å². The highest BCUT2D eigenvalue weighted by Crippen LogP contribution is 2.33. The minimum Gasteiger partial charge on any atom is -0.497 e. The number of cyclic esters (lactones) is 1. The Labute approximate surface area is 250 Å². The molecule has 1 saturated carbocycles. The fourth-order valence-corrected chi connectivity index (χ4v) is 6.78. The van der Waals surface area contributed by atoms with Gasteiger partial charge in [0.1, 0.15) is 11.6 Å². The van der Waals surface area contributed by atoms with Gasteiger partial charge in [-0.15, -0.1) is 0 Å². The first-order chi connectivity index (χ1) is 20.6. The summed E-state index contributed by atoms with van der Waals surface area (Å²) in [6.45, 7) is -0.0231. The van der Waals surface area contributed by atoms with Crippen molar-refractivity contribution in [2.45, 2.75) is 42.8 Å². The maximum Gasteiger partial charge on any atom is 0.415 e. The van der Waals surface area contributed by atoms with Crippen LogP contribution in [0.4, 0.5) is 14.9 Å². The molecule has 11 heteroatoms. The summed E-state index contributed by atoms with van der Waals surface area (Å²) in [5, 5.41) is 11.5. The molecule has 1 amide bonds. The fraction of sp³-hybridized carbons (Fsp3) is 0.375. The quantitative estimate of drug-likeness (QED) is 0.287. The molecule has 2 aliphatic rings. The molecule has 1 aliphatic heterocycles. The van der Waals surface area contributed by atoms with Gasteiger partial charge in [0.15, 0.2) is 11.9 Å². The Morgan fingerprint density at radius 1 is 1.09 bits per heavy atom. The topological polar surface area (TPSA) is 113 Å². The summed E-state index contributed by atoms with van der Waals surface area (Å²) in [4.78, 5) is 27.3. The Morgan fingerprint density at radius 3 is 2.47 bits per heavy atom. The van der Waals surface area contributed by atoms with Crippen LogP contribution in [-0.2, 0) is 26.0 Å². The first-order valence-corrected chi connectivity index (χ1v) is 15.7. The average molecular weight is 611 g/mol. The molecule has 3 aromatic rings. The standard InChI is InChI=1S/C32H35FN2O7S/c1-41-27-12-14-28(15-13-27)43(39,40)34(19-23-10-11-23)20-30(37)24(16-22-6-3-2-4-7-22)17-29(36)31-21-35(32(38)42-31)26-9-5-8-25(33)18-26/h2-9,12-15,18,23-24,30-31,37H,10-11,16-17,19-21H2,1H3/t24-,30-,31+/m1/s1. The van der Waals surface area contributed by atoms with Crippen LogP contribution in [0, 0.1) is 17.7 Å². The number of ether oxygens (including phenoxy) is 2. The number of halogens is 1. The van der Waals surface area contributed by atoms with E-state index < -0.39 is 45.8 Å². The van der Waals surface area contributed by atoms with Gasteiger partial charge in [-0.05, 0) is 79.1 Å². The molecule has 5 rings (SSSR count). The van der Waals surface area contributed by atoms with E-state index in [0.717, 1.165) is 18.4 Å². The molecule has 228 valence electrons. The van der Waals surface area contributed by atoms with Crippen molar-refractivity contribution >= 4 is 27.6 Å². The zero-order valence-corrected chi connectivity index (χ0v) is 24.7. The van der Waals surface area contributed by atoms with Crippen LogP contribution >= 0.6 is 0 Å². The molecule has 3 aromatic carbocycles. The van der Waals surface area contributed by atoms with Crippen molar-refractivity contribution in [3.05, 3.63) is 90.2 Å². The second kappa shape index (κ2) is 13.2. The van der Waals surface area contributed by atoms with Gasteiger partial charge in [-0.3, -0.25) is 9.69 Å². The van der Waals surface area contributed by atoms with Crippen molar-refractivity contribution in [3.8, 4) is 5.75 Å². The average Bonchev–Trinajstić information content (AvgIpc) is 3.74. The first-order valence-electron chi connectivity index (χ1n) is 14.3. The van der Waals surface area contributed by atoms with Crippen LogP contribution in [0.25, 0.3) is 0 Å². The Bertz CT molecular complexity index is 1530. The van der Waals surface area contributed by atoms with Crippen LogP contribution in [-0.4, -0.2) is 68.7 Å². The molecule has 1 heterocycles. The van der Waals surface area contributed by atoms with Crippen LogP contribution in [0.2, 0.25) is 0 Å². The van der Waals surface area contributed by atoms with Gasteiger partial charge < -0.3 is 14.6 Å². The van der Waals surface area contributed by atoms with Crippen molar-refractivity contribution in [1.29, 1.82) is 0 Å². The summed E-state index contributed by atoms with van der Waals surface area (Å²) in [6, 6.07) is 20.9. The number of hydrogen-bond donors (Lipinski definition) is 1. The van der Waals surface area contributed by atoms with E-state index >= 15 is 0 Å². The molecule has 0 spiro atoms. The Kier molecular flexibility index (Phi) is 9.43. The van der Waals surface area contributed by atoms with E-state index in [4.69, 9.17) is 9.47 Å². The van der Waals surface area contributed by atoms with Crippen LogP contribution in [0.3, 0.4) is 0 Å². The number of carbonyl (C=O) groups excluding carboxylic acids is 2. The number of anilines is 1. The molecule has 1 aliphatic carbocycles. The summed E-state index contributed by atoms with van der Waals surface area (Å²) in [5.41, 5.74) is 1.15. The number of aliphatic hydroxyl groups is 1. The number of hydrogen-bond acceptors (Lipinski definition) is 7. The third-order valence-corrected chi connectivity index (χ3v) is 9.73. The SMILES string of the molecule is COc1ccc(S(=O)(=O)N(CC2CC2)C[C@@H](O)[C@@H](CC(=O)[C@@H]2CN(c3cccc(F)c3)C(=O)O2)Cc2ccccc2)cc1. The highest BCUT2D eigenvalue weighted by Gasteiger charge is 2.40. The van der Waals surface area contributed by atoms with Crippen LogP contribution in [0.1, 0.15) is 24.8 Å². The number of Topliss-reactive ketones (excluding diaryl/α,β-unsaturated/α-hetero) is 1. The number of rotatable bonds is 14. The largest absolute Gasteiger partial charge is 0.497 e. The summed E-state index contributed by atoms with van der Waals surface area (Å²) in [5.74, 6) is -0.853. The zero-order valence-electron chi connectivity index (χ0n) is 23.8. The second-order valence-corrected chi connectivity index (χ2v) is 13.0. The van der Waals surface area contributed by atoms with E-state index in [1.165, 1.54) is 46.6 Å². The van der Waals surface area contributed by atoms with E-state index in [2.05, 4.69) is 0 Å². The molecule has 3 atom stereocenters. The van der Waals surface area contributed by atoms with Crippen LogP contribution in [0.5, 0.6) is 5.75 Å². The molecule has 0 bridgehead atoms. The molecule has 0 unspecified atom stereocenters. The normalized spacial score (nSPS) is 18.4. The molecule has 9 nitrogen and oxygen atoms in total. The van der Waals surface area contributed by atoms with E-state index in [1.54, 1.807) is 18.2 Å². The number of ketones is 1. The predicted octanol–water partition coefficient (Wildman–Crippen LogP) is 4.44. The highest BCUT2D eigenvalue weighted by molar-refractivity contribution is 7.89. The van der Waals surface area contributed by atoms with Gasteiger partial charge in [-0.1, -0.05) is 36.4 Å². The third-order valence-electron chi connectivity index (χ3n) is 7.89. The Hall–Kier alpha value is -3.80. The maximum atomic E-state index is 13.8. The molecule has 0 radical (unpaired) electrons. The molecule has 43 heavy (non-hydrogen) atoms. The summed E-state index contributed by atoms with van der Waals surface area (Å²) >= 11 is 0. The molecular weight excluding hydrogens is 575 g/mol. The predicted molar refractivity (Wildman–Crippen MR) is 158 cm³/mol. The van der Waals surface area contributed by atoms with Crippen LogP contribution in [0.15, 0.2) is 83.8 Å². The number of amides is 1. The number of nitrogens with zero attached hydrogens (tertiary/aromatic N) is 2. The van der Waals surface area contributed by atoms with E-state index in [9.17, 15) is 27.5 Å². The summed E-state index contributed by atoms with van der Waals surface area (Å²) in [6.07, 6.45) is -1.08. The minimum atomic E-state index is -3.95. The van der Waals surface area contributed by atoms with Crippen molar-refractivity contribution in [1.82, 2.24) is 4.31 Å². The van der Waals surface area contributed by atoms with Gasteiger partial charge in [0, 0.05) is 19.5 Å². The smallest absolute Gasteiger partial charge is 0.415 e. The molecule has 1 saturated heterocycles. The van der Waals surface area contributed by atoms with Gasteiger partial charge in [0.05, 0.1) is 30.3 Å². The molecule has 2 fully saturated rings. The van der Waals surface area contributed by atoms with E-state index in [0.29, 0.717) is 12.2 Å². The fourth-order valence-electron chi connectivity index (χ4n) is 5.25. The lowest BCUT2D eigenvalue weighted by molar-refractivity contribution is -0.127. The monoisotopic (exact) mass is 610 g/mol. The van der Waals surface area contributed by atoms with Gasteiger partial charge in [0.25, 0.3) is 0 Å². The lowest BCUT2D eigenvalue weighted by atomic mass is 9.88. The number of methoxy groups -OCH3 is 1. The second-order valence-electron chi connectivity index (χ2n) is 11.1. The number of carbonyl (C=O) groups is 2. The van der Waals surface area contributed by atoms with E-state index in [1.807, 2.05) is 30.3 Å². The third kappa shape index (κ3) is 7.59. The zero-order chi connectivity index (χ0) is 30.6. The van der Waals surface area contributed by atoms with Gasteiger partial charge in [0.2, 0.25) is 10.0 Å². The minimum absolute atomic E-state index is 0.0884. The Morgan fingerprint density at radius 2 is 1.81 bits per heavy atom. The van der Waals surface area contributed by atoms with Crippen molar-refractivity contribution in [3.63, 3.8) is 0 Å². The number of sulfonamides is 1. The molecule has 1 N–H and O–H groups in total. The van der Waals surface area contributed by atoms with Crippen molar-refractivity contribution in [2.75, 3.05) is 31.6 Å². The Balaban J connectivity index is 1.34. The highest BCUT2D eigenvalue weighted by atomic mass is 32.2. The van der Waals surface area contributed by atoms with Gasteiger partial charge in [-0.25, -0.2) is 17.6 Å².